The number of benzene rings is 1. The lowest BCUT2D eigenvalue weighted by Gasteiger charge is -2.26. The summed E-state index contributed by atoms with van der Waals surface area (Å²) in [5.41, 5.74) is 0.796. The van der Waals surface area contributed by atoms with Crippen molar-refractivity contribution in [3.8, 4) is 11.4 Å². The van der Waals surface area contributed by atoms with E-state index in [9.17, 15) is 0 Å². The van der Waals surface area contributed by atoms with Crippen LogP contribution in [0, 0.1) is 5.92 Å². The molecule has 1 aromatic carbocycles. The van der Waals surface area contributed by atoms with Gasteiger partial charge in [0.15, 0.2) is 5.82 Å². The fourth-order valence-electron chi connectivity index (χ4n) is 2.63. The number of hydrogen-bond donors (Lipinski definition) is 1. The highest BCUT2D eigenvalue weighted by molar-refractivity contribution is 7.99. The number of thioether (sulfide) groups is 1. The second-order valence-corrected chi connectivity index (χ2v) is 7.18. The summed E-state index contributed by atoms with van der Waals surface area (Å²) in [6.07, 6.45) is 2.18. The summed E-state index contributed by atoms with van der Waals surface area (Å²) in [4.78, 5) is 0. The minimum absolute atomic E-state index is 0.425. The van der Waals surface area contributed by atoms with Crippen LogP contribution in [0.5, 0.6) is 0 Å². The average molecular weight is 339 g/mol. The number of nitrogens with two attached hydrogens (primary N) is 1. The van der Waals surface area contributed by atoms with Gasteiger partial charge in [0.2, 0.25) is 5.16 Å². The molecule has 0 unspecified atom stereocenters. The van der Waals surface area contributed by atoms with Gasteiger partial charge < -0.3 is 10.6 Å². The van der Waals surface area contributed by atoms with Crippen LogP contribution in [0.1, 0.15) is 19.8 Å². The van der Waals surface area contributed by atoms with Crippen LogP contribution in [0.4, 0.5) is 0 Å². The molecule has 1 fully saturated rings. The average Bonchev–Trinajstić information content (AvgIpc) is 2.90. The van der Waals surface area contributed by atoms with Crippen molar-refractivity contribution in [2.45, 2.75) is 30.2 Å². The van der Waals surface area contributed by atoms with E-state index in [1.165, 1.54) is 4.68 Å². The normalized spacial score (nSPS) is 17.5. The molecule has 118 valence electrons. The van der Waals surface area contributed by atoms with Crippen molar-refractivity contribution in [1.29, 1.82) is 0 Å². The first-order chi connectivity index (χ1) is 10.7. The van der Waals surface area contributed by atoms with Crippen LogP contribution >= 0.6 is 23.4 Å². The Hall–Kier alpha value is -1.24. The van der Waals surface area contributed by atoms with Crippen molar-refractivity contribution in [3.05, 3.63) is 29.3 Å². The molecular formula is C15H19ClN4OS. The highest BCUT2D eigenvalue weighted by Crippen LogP contribution is 2.33. The number of hydrogen-bond acceptors (Lipinski definition) is 5. The number of rotatable bonds is 4. The lowest BCUT2D eigenvalue weighted by Crippen LogP contribution is -2.24. The first kappa shape index (κ1) is 15.6. The van der Waals surface area contributed by atoms with Crippen LogP contribution in [-0.4, -0.2) is 33.3 Å². The van der Waals surface area contributed by atoms with E-state index in [4.69, 9.17) is 22.2 Å². The molecule has 0 bridgehead atoms. The van der Waals surface area contributed by atoms with Gasteiger partial charge in [-0.15, -0.1) is 10.2 Å². The van der Waals surface area contributed by atoms with Crippen LogP contribution < -0.4 is 5.84 Å². The minimum atomic E-state index is 0.425. The van der Waals surface area contributed by atoms with E-state index in [0.29, 0.717) is 27.2 Å². The molecular weight excluding hydrogens is 320 g/mol. The number of nitrogens with zero attached hydrogens (tertiary/aromatic N) is 3. The van der Waals surface area contributed by atoms with E-state index in [-0.39, 0.29) is 0 Å². The van der Waals surface area contributed by atoms with Crippen molar-refractivity contribution in [3.63, 3.8) is 0 Å². The zero-order valence-electron chi connectivity index (χ0n) is 12.4. The van der Waals surface area contributed by atoms with Gasteiger partial charge >= 0.3 is 0 Å². The standard InChI is InChI=1S/C15H19ClN4OS/c1-10(11-6-8-21-9-7-11)22-15-19-18-14(20(15)17)12-4-2-3-5-13(12)16/h2-5,10-11H,6-9,17H2,1H3/t10-/m0/s1. The SMILES string of the molecule is C[C@H](Sc1nnc(-c2ccccc2Cl)n1N)C1CCOCC1. The Morgan fingerprint density at radius 1 is 1.32 bits per heavy atom. The van der Waals surface area contributed by atoms with Crippen molar-refractivity contribution < 1.29 is 4.74 Å². The third kappa shape index (κ3) is 3.24. The molecule has 0 saturated carbocycles. The minimum Gasteiger partial charge on any atom is -0.381 e. The van der Waals surface area contributed by atoms with Gasteiger partial charge in [-0.3, -0.25) is 0 Å². The fourth-order valence-corrected chi connectivity index (χ4v) is 3.94. The monoisotopic (exact) mass is 338 g/mol. The van der Waals surface area contributed by atoms with Crippen LogP contribution in [0.25, 0.3) is 11.4 Å². The lowest BCUT2D eigenvalue weighted by molar-refractivity contribution is 0.0669. The lowest BCUT2D eigenvalue weighted by atomic mass is 9.97. The van der Waals surface area contributed by atoms with Crippen LogP contribution in [0.2, 0.25) is 5.02 Å². The molecule has 3 rings (SSSR count). The Labute approximate surface area is 139 Å². The molecule has 0 radical (unpaired) electrons. The number of ether oxygens (including phenoxy) is 1. The van der Waals surface area contributed by atoms with Gasteiger partial charge in [0, 0.05) is 24.0 Å². The first-order valence-electron chi connectivity index (χ1n) is 7.36. The van der Waals surface area contributed by atoms with Gasteiger partial charge in [0.05, 0.1) is 5.02 Å². The summed E-state index contributed by atoms with van der Waals surface area (Å²) < 4.78 is 6.95. The molecule has 2 aromatic rings. The summed E-state index contributed by atoms with van der Waals surface area (Å²) in [5.74, 6) is 7.38. The van der Waals surface area contributed by atoms with Gasteiger partial charge in [-0.1, -0.05) is 42.4 Å². The highest BCUT2D eigenvalue weighted by Gasteiger charge is 2.24. The van der Waals surface area contributed by atoms with Crippen LogP contribution in [-0.2, 0) is 4.74 Å². The Kier molecular flexibility index (Phi) is 4.90. The number of halogens is 1. The Bertz CT molecular complexity index is 642. The van der Waals surface area contributed by atoms with Crippen molar-refractivity contribution in [2.24, 2.45) is 5.92 Å². The van der Waals surface area contributed by atoms with Crippen molar-refractivity contribution in [2.75, 3.05) is 19.1 Å². The summed E-state index contributed by atoms with van der Waals surface area (Å²) in [6, 6.07) is 7.51. The second kappa shape index (κ2) is 6.89. The molecule has 7 heteroatoms. The predicted octanol–water partition coefficient (Wildman–Crippen LogP) is 3.22. The molecule has 1 aromatic heterocycles. The fraction of sp³-hybridized carbons (Fsp3) is 0.467. The molecule has 22 heavy (non-hydrogen) atoms. The Morgan fingerprint density at radius 2 is 2.05 bits per heavy atom. The molecule has 1 atom stereocenters. The summed E-state index contributed by atoms with van der Waals surface area (Å²) >= 11 is 7.87. The van der Waals surface area contributed by atoms with Gasteiger partial charge in [-0.25, -0.2) is 4.68 Å². The molecule has 1 aliphatic rings. The number of aromatic nitrogens is 3. The summed E-state index contributed by atoms with van der Waals surface area (Å²) in [7, 11) is 0. The maximum atomic E-state index is 6.21. The van der Waals surface area contributed by atoms with E-state index < -0.39 is 0 Å². The molecule has 0 spiro atoms. The van der Waals surface area contributed by atoms with E-state index in [2.05, 4.69) is 17.1 Å². The summed E-state index contributed by atoms with van der Waals surface area (Å²) in [5, 5.41) is 10.2. The predicted molar refractivity (Wildman–Crippen MR) is 89.5 cm³/mol. The maximum Gasteiger partial charge on any atom is 0.210 e. The Morgan fingerprint density at radius 3 is 2.77 bits per heavy atom. The van der Waals surface area contributed by atoms with Gasteiger partial charge in [-0.2, -0.15) is 0 Å². The maximum absolute atomic E-state index is 6.21. The van der Waals surface area contributed by atoms with Crippen molar-refractivity contribution in [1.82, 2.24) is 14.9 Å². The zero-order valence-corrected chi connectivity index (χ0v) is 14.0. The van der Waals surface area contributed by atoms with Crippen molar-refractivity contribution >= 4 is 23.4 Å². The first-order valence-corrected chi connectivity index (χ1v) is 8.62. The zero-order chi connectivity index (χ0) is 15.5. The molecule has 0 amide bonds. The molecule has 0 aliphatic carbocycles. The molecule has 1 saturated heterocycles. The van der Waals surface area contributed by atoms with E-state index in [1.54, 1.807) is 11.8 Å². The number of nitrogen functional groups attached to an aromatic ring is 1. The third-order valence-electron chi connectivity index (χ3n) is 4.00. The molecule has 2 N–H and O–H groups in total. The van der Waals surface area contributed by atoms with Gasteiger partial charge in [0.25, 0.3) is 0 Å². The van der Waals surface area contributed by atoms with Crippen LogP contribution in [0.3, 0.4) is 0 Å². The largest absolute Gasteiger partial charge is 0.381 e. The van der Waals surface area contributed by atoms with Gasteiger partial charge in [0.1, 0.15) is 0 Å². The van der Waals surface area contributed by atoms with Gasteiger partial charge in [-0.05, 0) is 30.9 Å². The van der Waals surface area contributed by atoms with E-state index in [1.807, 2.05) is 24.3 Å². The topological polar surface area (TPSA) is 66.0 Å². The quantitative estimate of drug-likeness (QED) is 0.685. The smallest absolute Gasteiger partial charge is 0.210 e. The highest BCUT2D eigenvalue weighted by atomic mass is 35.5. The molecule has 2 heterocycles. The Balaban J connectivity index is 1.77. The van der Waals surface area contributed by atoms with E-state index in [0.717, 1.165) is 31.6 Å². The second-order valence-electron chi connectivity index (χ2n) is 5.43. The molecule has 1 aliphatic heterocycles. The molecule has 5 nitrogen and oxygen atoms in total. The summed E-state index contributed by atoms with van der Waals surface area (Å²) in [6.45, 7) is 3.90. The third-order valence-corrected chi connectivity index (χ3v) is 5.58. The van der Waals surface area contributed by atoms with E-state index >= 15 is 0 Å². The van der Waals surface area contributed by atoms with Crippen LogP contribution in [0.15, 0.2) is 29.4 Å².